The van der Waals surface area contributed by atoms with Gasteiger partial charge in [0.15, 0.2) is 6.61 Å². The number of carbonyl (C=O) groups excluding carboxylic acids is 2. The van der Waals surface area contributed by atoms with E-state index in [9.17, 15) is 22.8 Å². The van der Waals surface area contributed by atoms with Crippen molar-refractivity contribution < 1.29 is 27.5 Å². The van der Waals surface area contributed by atoms with Crippen molar-refractivity contribution in [1.82, 2.24) is 0 Å². The highest BCUT2D eigenvalue weighted by molar-refractivity contribution is 6.31. The average molecular weight is 407 g/mol. The van der Waals surface area contributed by atoms with Crippen LogP contribution in [0.25, 0.3) is 0 Å². The van der Waals surface area contributed by atoms with Crippen LogP contribution >= 0.6 is 23.2 Å². The molecule has 2 rings (SSSR count). The largest absolute Gasteiger partial charge is 0.452 e. The molecule has 0 aromatic heterocycles. The fraction of sp³-hybridized carbons (Fsp3) is 0.125. The van der Waals surface area contributed by atoms with Gasteiger partial charge in [-0.05, 0) is 36.4 Å². The first-order chi connectivity index (χ1) is 12.1. The van der Waals surface area contributed by atoms with E-state index in [1.807, 2.05) is 0 Å². The van der Waals surface area contributed by atoms with Gasteiger partial charge in [-0.25, -0.2) is 4.79 Å². The number of benzene rings is 2. The number of anilines is 2. The lowest BCUT2D eigenvalue weighted by Crippen LogP contribution is -2.21. The second-order valence-electron chi connectivity index (χ2n) is 5.05. The van der Waals surface area contributed by atoms with E-state index < -0.39 is 35.2 Å². The number of esters is 1. The first kappa shape index (κ1) is 19.9. The summed E-state index contributed by atoms with van der Waals surface area (Å²) in [6.07, 6.45) is -4.67. The molecule has 2 aromatic rings. The molecule has 0 bridgehead atoms. The zero-order valence-electron chi connectivity index (χ0n) is 12.9. The number of rotatable bonds is 4. The third-order valence-corrected chi connectivity index (χ3v) is 3.69. The molecule has 26 heavy (non-hydrogen) atoms. The molecular formula is C16H11Cl2F3N2O3. The first-order valence-corrected chi connectivity index (χ1v) is 7.72. The van der Waals surface area contributed by atoms with Crippen molar-refractivity contribution in [3.63, 3.8) is 0 Å². The Morgan fingerprint density at radius 3 is 2.42 bits per heavy atom. The highest BCUT2D eigenvalue weighted by Gasteiger charge is 2.33. The summed E-state index contributed by atoms with van der Waals surface area (Å²) < 4.78 is 43.1. The Morgan fingerprint density at radius 1 is 1.12 bits per heavy atom. The molecule has 2 aromatic carbocycles. The lowest BCUT2D eigenvalue weighted by Gasteiger charge is -2.12. The van der Waals surface area contributed by atoms with Gasteiger partial charge in [0, 0.05) is 16.4 Å². The Hall–Kier alpha value is -2.45. The van der Waals surface area contributed by atoms with Crippen LogP contribution in [0.1, 0.15) is 15.9 Å². The molecular weight excluding hydrogens is 396 g/mol. The van der Waals surface area contributed by atoms with Crippen molar-refractivity contribution in [2.75, 3.05) is 17.7 Å². The first-order valence-electron chi connectivity index (χ1n) is 6.96. The number of hydrogen-bond acceptors (Lipinski definition) is 4. The molecule has 0 aliphatic heterocycles. The van der Waals surface area contributed by atoms with Gasteiger partial charge in [-0.15, -0.1) is 0 Å². The van der Waals surface area contributed by atoms with Crippen molar-refractivity contribution >= 4 is 46.5 Å². The maximum Gasteiger partial charge on any atom is 0.417 e. The van der Waals surface area contributed by atoms with Crippen molar-refractivity contribution in [1.29, 1.82) is 0 Å². The topological polar surface area (TPSA) is 81.4 Å². The van der Waals surface area contributed by atoms with Gasteiger partial charge in [0.25, 0.3) is 5.91 Å². The summed E-state index contributed by atoms with van der Waals surface area (Å²) in [6, 6.07) is 6.95. The number of alkyl halides is 3. The zero-order chi connectivity index (χ0) is 19.5. The molecule has 0 fully saturated rings. The molecule has 138 valence electrons. The van der Waals surface area contributed by atoms with Gasteiger partial charge in [-0.1, -0.05) is 23.2 Å². The second-order valence-corrected chi connectivity index (χ2v) is 5.89. The zero-order valence-corrected chi connectivity index (χ0v) is 14.4. The van der Waals surface area contributed by atoms with E-state index >= 15 is 0 Å². The standard InChI is InChI=1S/C16H11Cl2F3N2O3/c17-8-1-3-10(13(22)5-8)15(25)26-7-14(24)23-9-2-4-12(18)11(6-9)16(19,20)21/h1-6H,7,22H2,(H,23,24). The van der Waals surface area contributed by atoms with Crippen LogP contribution in [0.15, 0.2) is 36.4 Å². The van der Waals surface area contributed by atoms with Gasteiger partial charge in [0.1, 0.15) is 0 Å². The lowest BCUT2D eigenvalue weighted by atomic mass is 10.2. The SMILES string of the molecule is Nc1cc(Cl)ccc1C(=O)OCC(=O)Nc1ccc(Cl)c(C(F)(F)F)c1. The number of hydrogen-bond donors (Lipinski definition) is 2. The van der Waals surface area contributed by atoms with E-state index in [0.717, 1.165) is 6.07 Å². The number of halogens is 5. The predicted octanol–water partition coefficient (Wildman–Crippen LogP) is 4.39. The molecule has 0 unspecified atom stereocenters. The summed E-state index contributed by atoms with van der Waals surface area (Å²) in [6.45, 7) is -0.717. The van der Waals surface area contributed by atoms with Crippen LogP contribution in [0.5, 0.6) is 0 Å². The van der Waals surface area contributed by atoms with Crippen LogP contribution in [0.4, 0.5) is 24.5 Å². The minimum absolute atomic E-state index is 0.00745. The highest BCUT2D eigenvalue weighted by Crippen LogP contribution is 2.36. The van der Waals surface area contributed by atoms with E-state index in [-0.39, 0.29) is 16.9 Å². The van der Waals surface area contributed by atoms with E-state index in [2.05, 4.69) is 5.32 Å². The smallest absolute Gasteiger partial charge is 0.417 e. The average Bonchev–Trinajstić information content (AvgIpc) is 2.53. The molecule has 0 saturated carbocycles. The maximum atomic E-state index is 12.8. The Labute approximate surface area is 155 Å². The summed E-state index contributed by atoms with van der Waals surface area (Å²) in [5, 5.41) is 2.00. The van der Waals surface area contributed by atoms with E-state index in [4.69, 9.17) is 33.7 Å². The number of carbonyl (C=O) groups is 2. The molecule has 0 heterocycles. The fourth-order valence-corrected chi connectivity index (χ4v) is 2.35. The van der Waals surface area contributed by atoms with Crippen LogP contribution in [-0.2, 0) is 15.7 Å². The molecule has 1 amide bonds. The van der Waals surface area contributed by atoms with Crippen molar-refractivity contribution in [3.8, 4) is 0 Å². The van der Waals surface area contributed by atoms with Crippen molar-refractivity contribution in [3.05, 3.63) is 57.6 Å². The number of ether oxygens (including phenoxy) is 1. The molecule has 5 nitrogen and oxygen atoms in total. The predicted molar refractivity (Wildman–Crippen MR) is 91.2 cm³/mol. The van der Waals surface area contributed by atoms with E-state index in [0.29, 0.717) is 11.1 Å². The molecule has 0 saturated heterocycles. The van der Waals surface area contributed by atoms with Gasteiger partial charge in [-0.3, -0.25) is 4.79 Å². The summed E-state index contributed by atoms with van der Waals surface area (Å²) >= 11 is 11.2. The van der Waals surface area contributed by atoms with Gasteiger partial charge in [-0.2, -0.15) is 13.2 Å². The van der Waals surface area contributed by atoms with Gasteiger partial charge < -0.3 is 15.8 Å². The molecule has 10 heteroatoms. The normalized spacial score (nSPS) is 11.1. The summed E-state index contributed by atoms with van der Waals surface area (Å²) in [4.78, 5) is 23.7. The second kappa shape index (κ2) is 7.84. The van der Waals surface area contributed by atoms with Crippen LogP contribution in [-0.4, -0.2) is 18.5 Å². The molecule has 0 aliphatic rings. The van der Waals surface area contributed by atoms with Crippen LogP contribution in [0.2, 0.25) is 10.0 Å². The van der Waals surface area contributed by atoms with Crippen LogP contribution < -0.4 is 11.1 Å². The van der Waals surface area contributed by atoms with Crippen LogP contribution in [0.3, 0.4) is 0 Å². The number of nitrogens with two attached hydrogens (primary N) is 1. The summed E-state index contributed by atoms with van der Waals surface area (Å²) in [5.41, 5.74) is 4.45. The van der Waals surface area contributed by atoms with Gasteiger partial charge >= 0.3 is 12.1 Å². The monoisotopic (exact) mass is 406 g/mol. The third kappa shape index (κ3) is 5.03. The Kier molecular flexibility index (Phi) is 5.99. The molecule has 0 aliphatic carbocycles. The van der Waals surface area contributed by atoms with Crippen molar-refractivity contribution in [2.45, 2.75) is 6.18 Å². The van der Waals surface area contributed by atoms with E-state index in [1.165, 1.54) is 24.3 Å². The minimum Gasteiger partial charge on any atom is -0.452 e. The Bertz CT molecular complexity index is 857. The van der Waals surface area contributed by atoms with Crippen molar-refractivity contribution in [2.24, 2.45) is 0 Å². The fourth-order valence-electron chi connectivity index (χ4n) is 1.95. The molecule has 3 N–H and O–H groups in total. The third-order valence-electron chi connectivity index (χ3n) is 3.12. The summed E-state index contributed by atoms with van der Waals surface area (Å²) in [7, 11) is 0. The lowest BCUT2D eigenvalue weighted by molar-refractivity contribution is -0.137. The quantitative estimate of drug-likeness (QED) is 0.582. The van der Waals surface area contributed by atoms with Gasteiger partial charge in [0.05, 0.1) is 16.1 Å². The maximum absolute atomic E-state index is 12.8. The number of nitrogen functional groups attached to an aromatic ring is 1. The Balaban J connectivity index is 2.00. The number of nitrogens with one attached hydrogen (secondary N) is 1. The van der Waals surface area contributed by atoms with Gasteiger partial charge in [0.2, 0.25) is 0 Å². The van der Waals surface area contributed by atoms with E-state index in [1.54, 1.807) is 0 Å². The summed E-state index contributed by atoms with van der Waals surface area (Å²) in [5.74, 6) is -1.71. The van der Waals surface area contributed by atoms with Crippen LogP contribution in [0, 0.1) is 0 Å². The number of amides is 1. The Morgan fingerprint density at radius 2 is 1.81 bits per heavy atom. The minimum atomic E-state index is -4.67. The molecule has 0 atom stereocenters. The highest BCUT2D eigenvalue weighted by atomic mass is 35.5. The molecule has 0 radical (unpaired) electrons. The molecule has 0 spiro atoms.